The molecular weight excluding hydrogens is 360 g/mol. The van der Waals surface area contributed by atoms with Gasteiger partial charge >= 0.3 is 0 Å². The van der Waals surface area contributed by atoms with Crippen molar-refractivity contribution in [2.45, 2.75) is 72.3 Å². The lowest BCUT2D eigenvalue weighted by Crippen LogP contribution is -2.15. The molecule has 0 N–H and O–H groups in total. The van der Waals surface area contributed by atoms with Gasteiger partial charge in [-0.15, -0.1) is 0 Å². The molecule has 28 heavy (non-hydrogen) atoms. The maximum absolute atomic E-state index is 11.7. The van der Waals surface area contributed by atoms with Gasteiger partial charge in [-0.2, -0.15) is 0 Å². The fourth-order valence-corrected chi connectivity index (χ4v) is 2.49. The highest BCUT2D eigenvalue weighted by molar-refractivity contribution is 5.79. The molecule has 0 saturated heterocycles. The van der Waals surface area contributed by atoms with Gasteiger partial charge in [0.15, 0.2) is 5.78 Å². The van der Waals surface area contributed by atoms with Crippen molar-refractivity contribution in [3.05, 3.63) is 0 Å². The van der Waals surface area contributed by atoms with E-state index in [1.807, 2.05) is 13.8 Å². The zero-order valence-corrected chi connectivity index (χ0v) is 18.7. The Balaban J connectivity index is 3.15. The number of hydrogen-bond acceptors (Lipinski definition) is 6. The molecule has 0 rings (SSSR count). The summed E-state index contributed by atoms with van der Waals surface area (Å²) in [6.07, 6.45) is 6.75. The van der Waals surface area contributed by atoms with Crippen molar-refractivity contribution in [1.29, 1.82) is 0 Å². The second-order valence-electron chi connectivity index (χ2n) is 7.69. The molecule has 0 radical (unpaired) electrons. The van der Waals surface area contributed by atoms with E-state index in [9.17, 15) is 4.79 Å². The Hall–Kier alpha value is -0.530. The van der Waals surface area contributed by atoms with Crippen molar-refractivity contribution < 1.29 is 28.5 Å². The summed E-state index contributed by atoms with van der Waals surface area (Å²) in [5.74, 6) is 0.962. The van der Waals surface area contributed by atoms with Gasteiger partial charge in [-0.05, 0) is 26.2 Å². The van der Waals surface area contributed by atoms with E-state index >= 15 is 0 Å². The third kappa shape index (κ3) is 23.5. The van der Waals surface area contributed by atoms with Crippen LogP contribution in [0.3, 0.4) is 0 Å². The molecule has 0 aliphatic heterocycles. The van der Waals surface area contributed by atoms with E-state index in [0.717, 1.165) is 18.8 Å². The van der Waals surface area contributed by atoms with Gasteiger partial charge in [0.05, 0.1) is 59.0 Å². The zero-order chi connectivity index (χ0) is 20.9. The molecule has 6 nitrogen and oxygen atoms in total. The molecule has 0 amide bonds. The van der Waals surface area contributed by atoms with E-state index in [4.69, 9.17) is 23.7 Å². The van der Waals surface area contributed by atoms with Crippen LogP contribution in [0.15, 0.2) is 0 Å². The molecule has 0 unspecified atom stereocenters. The van der Waals surface area contributed by atoms with Crippen molar-refractivity contribution in [3.63, 3.8) is 0 Å². The summed E-state index contributed by atoms with van der Waals surface area (Å²) in [4.78, 5) is 11.7. The Morgan fingerprint density at radius 1 is 0.643 bits per heavy atom. The van der Waals surface area contributed by atoms with Gasteiger partial charge in [0.25, 0.3) is 0 Å². The summed E-state index contributed by atoms with van der Waals surface area (Å²) >= 11 is 0. The Bertz CT molecular complexity index is 333. The number of ketones is 1. The third-order valence-electron chi connectivity index (χ3n) is 4.05. The van der Waals surface area contributed by atoms with Crippen molar-refractivity contribution >= 4 is 5.78 Å². The quantitative estimate of drug-likeness (QED) is 0.254. The fraction of sp³-hybridized carbons (Fsp3) is 0.955. The van der Waals surface area contributed by atoms with Gasteiger partial charge < -0.3 is 23.7 Å². The Morgan fingerprint density at radius 2 is 1.14 bits per heavy atom. The molecule has 0 atom stereocenters. The van der Waals surface area contributed by atoms with Crippen LogP contribution in [0.5, 0.6) is 0 Å². The smallest absolute Gasteiger partial charge is 0.158 e. The van der Waals surface area contributed by atoms with Gasteiger partial charge in [-0.25, -0.2) is 0 Å². The van der Waals surface area contributed by atoms with Crippen LogP contribution in [0.1, 0.15) is 66.2 Å². The minimum absolute atomic E-state index is 0.186. The van der Waals surface area contributed by atoms with Crippen LogP contribution in [0.4, 0.5) is 0 Å². The average Bonchev–Trinajstić information content (AvgIpc) is 2.64. The number of hydrogen-bond donors (Lipinski definition) is 0. The fourth-order valence-electron chi connectivity index (χ4n) is 2.49. The summed E-state index contributed by atoms with van der Waals surface area (Å²) in [6.45, 7) is 13.0. The minimum atomic E-state index is 0.186. The van der Waals surface area contributed by atoms with E-state index in [0.29, 0.717) is 59.3 Å². The number of unbranched alkanes of at least 4 members (excludes halogenated alkanes) is 3. The molecule has 0 saturated carbocycles. The SMILES string of the molecule is CC(C)CCCCCCC(=O)COCCOCCOCCOCCOC(C)C. The number of Topliss-reactive ketones (excluding diaryl/α,β-unsaturated/α-hetero) is 1. The number of ether oxygens (including phenoxy) is 5. The molecule has 0 aromatic rings. The largest absolute Gasteiger partial charge is 0.377 e. The first-order chi connectivity index (χ1) is 13.5. The maximum atomic E-state index is 11.7. The van der Waals surface area contributed by atoms with Crippen molar-refractivity contribution in [2.75, 3.05) is 59.5 Å². The minimum Gasteiger partial charge on any atom is -0.377 e. The summed E-state index contributed by atoms with van der Waals surface area (Å²) in [7, 11) is 0. The first kappa shape index (κ1) is 27.5. The molecule has 0 fully saturated rings. The van der Waals surface area contributed by atoms with Crippen LogP contribution < -0.4 is 0 Å². The van der Waals surface area contributed by atoms with Gasteiger partial charge in [0.1, 0.15) is 6.61 Å². The monoisotopic (exact) mass is 404 g/mol. The average molecular weight is 405 g/mol. The van der Waals surface area contributed by atoms with Crippen molar-refractivity contribution in [2.24, 2.45) is 5.92 Å². The molecule has 0 spiro atoms. The molecule has 0 aromatic heterocycles. The van der Waals surface area contributed by atoms with E-state index in [1.165, 1.54) is 19.3 Å². The molecule has 0 bridgehead atoms. The normalized spacial score (nSPS) is 11.6. The molecule has 168 valence electrons. The summed E-state index contributed by atoms with van der Waals surface area (Å²) in [5.41, 5.74) is 0. The summed E-state index contributed by atoms with van der Waals surface area (Å²) < 4.78 is 26.9. The van der Waals surface area contributed by atoms with Crippen LogP contribution in [0.25, 0.3) is 0 Å². The van der Waals surface area contributed by atoms with Crippen LogP contribution in [-0.4, -0.2) is 71.3 Å². The third-order valence-corrected chi connectivity index (χ3v) is 4.05. The van der Waals surface area contributed by atoms with E-state index in [2.05, 4.69) is 13.8 Å². The molecule has 0 aliphatic rings. The predicted molar refractivity (Wildman–Crippen MR) is 112 cm³/mol. The highest BCUT2D eigenvalue weighted by atomic mass is 16.6. The topological polar surface area (TPSA) is 63.2 Å². The second kappa shape index (κ2) is 21.2. The maximum Gasteiger partial charge on any atom is 0.158 e. The van der Waals surface area contributed by atoms with Crippen LogP contribution in [0.2, 0.25) is 0 Å². The number of carbonyl (C=O) groups is 1. The highest BCUT2D eigenvalue weighted by Gasteiger charge is 2.02. The molecule has 0 aromatic carbocycles. The lowest BCUT2D eigenvalue weighted by atomic mass is 10.0. The highest BCUT2D eigenvalue weighted by Crippen LogP contribution is 2.10. The molecular formula is C22H44O6. The Kier molecular flexibility index (Phi) is 20.8. The number of rotatable bonds is 22. The first-order valence-corrected chi connectivity index (χ1v) is 11.0. The lowest BCUT2D eigenvalue weighted by molar-refractivity contribution is -0.124. The summed E-state index contributed by atoms with van der Waals surface area (Å²) in [5, 5.41) is 0. The molecule has 0 aliphatic carbocycles. The lowest BCUT2D eigenvalue weighted by Gasteiger charge is -2.09. The van der Waals surface area contributed by atoms with Gasteiger partial charge in [0, 0.05) is 6.42 Å². The Morgan fingerprint density at radius 3 is 1.68 bits per heavy atom. The summed E-state index contributed by atoms with van der Waals surface area (Å²) in [6, 6.07) is 0. The van der Waals surface area contributed by atoms with Crippen LogP contribution >= 0.6 is 0 Å². The molecule has 0 heterocycles. The van der Waals surface area contributed by atoms with E-state index < -0.39 is 0 Å². The van der Waals surface area contributed by atoms with Gasteiger partial charge in [-0.3, -0.25) is 4.79 Å². The zero-order valence-electron chi connectivity index (χ0n) is 18.7. The van der Waals surface area contributed by atoms with Crippen LogP contribution in [-0.2, 0) is 28.5 Å². The van der Waals surface area contributed by atoms with E-state index in [1.54, 1.807) is 0 Å². The Labute approximate surface area is 172 Å². The van der Waals surface area contributed by atoms with Crippen molar-refractivity contribution in [1.82, 2.24) is 0 Å². The molecule has 6 heteroatoms. The van der Waals surface area contributed by atoms with Gasteiger partial charge in [-0.1, -0.05) is 39.5 Å². The second-order valence-corrected chi connectivity index (χ2v) is 7.69. The van der Waals surface area contributed by atoms with Gasteiger partial charge in [0.2, 0.25) is 0 Å². The van der Waals surface area contributed by atoms with E-state index in [-0.39, 0.29) is 18.5 Å². The first-order valence-electron chi connectivity index (χ1n) is 11.0. The van der Waals surface area contributed by atoms with Crippen molar-refractivity contribution in [3.8, 4) is 0 Å². The number of carbonyl (C=O) groups excluding carboxylic acids is 1. The standard InChI is InChI=1S/C22H44O6/c1-20(2)9-7-5-6-8-10-22(23)19-27-16-15-25-12-11-24-13-14-26-17-18-28-21(3)4/h20-21H,5-19H2,1-4H3. The predicted octanol–water partition coefficient (Wildman–Crippen LogP) is 4.04. The van der Waals surface area contributed by atoms with Crippen LogP contribution in [0, 0.1) is 5.92 Å².